The minimum absolute atomic E-state index is 0.111. The lowest BCUT2D eigenvalue weighted by molar-refractivity contribution is 0.304. The van der Waals surface area contributed by atoms with Crippen LogP contribution >= 0.6 is 15.9 Å². The summed E-state index contributed by atoms with van der Waals surface area (Å²) in [5.74, 6) is 0.641. The van der Waals surface area contributed by atoms with Crippen molar-refractivity contribution < 1.29 is 4.21 Å². The first-order valence-electron chi connectivity index (χ1n) is 5.66. The average molecular weight is 318 g/mol. The maximum atomic E-state index is 12.2. The maximum Gasteiger partial charge on any atom is 0.0545 e. The van der Waals surface area contributed by atoms with Gasteiger partial charge in [-0.05, 0) is 36.7 Å². The summed E-state index contributed by atoms with van der Waals surface area (Å²) < 4.78 is 13.2. The van der Waals surface area contributed by atoms with Gasteiger partial charge in [0.25, 0.3) is 0 Å². The lowest BCUT2D eigenvalue weighted by Gasteiger charge is -2.30. The summed E-state index contributed by atoms with van der Waals surface area (Å²) in [7, 11) is 0.974. The van der Waals surface area contributed by atoms with E-state index in [1.165, 1.54) is 0 Å². The van der Waals surface area contributed by atoms with Gasteiger partial charge in [-0.15, -0.1) is 0 Å². The molecule has 1 aromatic carbocycles. The summed E-state index contributed by atoms with van der Waals surface area (Å²) >= 11 is 3.38. The van der Waals surface area contributed by atoms with Crippen LogP contribution in [0, 0.1) is 5.41 Å². The third-order valence-corrected chi connectivity index (χ3v) is 4.75. The maximum absolute atomic E-state index is 12.2. The second-order valence-electron chi connectivity index (χ2n) is 5.17. The summed E-state index contributed by atoms with van der Waals surface area (Å²) in [6.07, 6.45) is 0. The molecule has 0 aliphatic heterocycles. The van der Waals surface area contributed by atoms with E-state index in [1.54, 1.807) is 0 Å². The van der Waals surface area contributed by atoms with Gasteiger partial charge in [-0.25, -0.2) is 0 Å². The normalized spacial score (nSPS) is 15.6. The van der Waals surface area contributed by atoms with E-state index < -0.39 is 10.8 Å². The number of halogens is 1. The van der Waals surface area contributed by atoms with Crippen molar-refractivity contribution in [1.29, 1.82) is 0 Å². The van der Waals surface area contributed by atoms with E-state index in [0.29, 0.717) is 5.75 Å². The van der Waals surface area contributed by atoms with Crippen LogP contribution in [0.3, 0.4) is 0 Å². The van der Waals surface area contributed by atoms with Crippen LogP contribution in [0.5, 0.6) is 0 Å². The number of hydrogen-bond acceptors (Lipinski definition) is 2. The average Bonchev–Trinajstić information content (AvgIpc) is 2.24. The Morgan fingerprint density at radius 3 is 2.24 bits per heavy atom. The molecule has 0 radical (unpaired) electrons. The topological polar surface area (TPSA) is 29.1 Å². The molecule has 2 unspecified atom stereocenters. The van der Waals surface area contributed by atoms with Gasteiger partial charge < -0.3 is 5.32 Å². The van der Waals surface area contributed by atoms with Crippen molar-refractivity contribution in [3.05, 3.63) is 28.7 Å². The molecule has 1 N–H and O–H groups in total. The Morgan fingerprint density at radius 1 is 1.29 bits per heavy atom. The van der Waals surface area contributed by atoms with Gasteiger partial charge in [0.2, 0.25) is 0 Å². The molecule has 0 saturated heterocycles. The van der Waals surface area contributed by atoms with Gasteiger partial charge in [0.1, 0.15) is 0 Å². The summed E-state index contributed by atoms with van der Waals surface area (Å²) in [6.45, 7) is 6.48. The molecule has 0 amide bonds. The summed E-state index contributed by atoms with van der Waals surface area (Å²) in [5, 5.41) is 3.25. The van der Waals surface area contributed by atoms with E-state index in [1.807, 2.05) is 31.3 Å². The highest BCUT2D eigenvalue weighted by Crippen LogP contribution is 2.22. The number of rotatable bonds is 4. The van der Waals surface area contributed by atoms with Crippen LogP contribution in [0.4, 0.5) is 0 Å². The minimum Gasteiger partial charge on any atom is -0.316 e. The van der Waals surface area contributed by atoms with E-state index in [9.17, 15) is 4.21 Å². The van der Waals surface area contributed by atoms with E-state index >= 15 is 0 Å². The predicted octanol–water partition coefficient (Wildman–Crippen LogP) is 3.19. The molecule has 0 spiro atoms. The molecule has 0 bridgehead atoms. The summed E-state index contributed by atoms with van der Waals surface area (Å²) in [6, 6.07) is 7.93. The highest BCUT2D eigenvalue weighted by molar-refractivity contribution is 9.10. The van der Waals surface area contributed by atoms with Gasteiger partial charge in [-0.2, -0.15) is 0 Å². The van der Waals surface area contributed by atoms with Crippen LogP contribution in [-0.4, -0.2) is 23.1 Å². The van der Waals surface area contributed by atoms with Crippen LogP contribution in [0.15, 0.2) is 33.6 Å². The number of benzene rings is 1. The van der Waals surface area contributed by atoms with Crippen LogP contribution in [0.1, 0.15) is 20.8 Å². The van der Waals surface area contributed by atoms with Crippen molar-refractivity contribution in [2.24, 2.45) is 5.41 Å². The fraction of sp³-hybridized carbons (Fsp3) is 0.538. The minimum atomic E-state index is -0.951. The zero-order valence-corrected chi connectivity index (χ0v) is 13.2. The second-order valence-corrected chi connectivity index (χ2v) is 7.58. The summed E-state index contributed by atoms with van der Waals surface area (Å²) in [4.78, 5) is 0.887. The highest BCUT2D eigenvalue weighted by atomic mass is 79.9. The molecule has 17 heavy (non-hydrogen) atoms. The SMILES string of the molecule is CNC(CS(=O)c1ccc(Br)cc1)C(C)(C)C. The lowest BCUT2D eigenvalue weighted by atomic mass is 9.88. The molecule has 0 saturated carbocycles. The summed E-state index contributed by atoms with van der Waals surface area (Å²) in [5.41, 5.74) is 0.111. The van der Waals surface area contributed by atoms with Gasteiger partial charge in [0, 0.05) is 21.2 Å². The molecular formula is C13H20BrNOS. The van der Waals surface area contributed by atoms with Crippen LogP contribution in [-0.2, 0) is 10.8 Å². The molecule has 1 aromatic rings. The smallest absolute Gasteiger partial charge is 0.0545 e. The fourth-order valence-corrected chi connectivity index (χ4v) is 3.47. The van der Waals surface area contributed by atoms with Crippen molar-refractivity contribution in [3.8, 4) is 0 Å². The Hall–Kier alpha value is -0.190. The van der Waals surface area contributed by atoms with Crippen LogP contribution < -0.4 is 5.32 Å². The Labute approximate surface area is 115 Å². The first kappa shape index (κ1) is 14.9. The fourth-order valence-electron chi connectivity index (χ4n) is 1.60. The van der Waals surface area contributed by atoms with Crippen molar-refractivity contribution in [2.75, 3.05) is 12.8 Å². The lowest BCUT2D eigenvalue weighted by Crippen LogP contribution is -2.42. The third-order valence-electron chi connectivity index (χ3n) is 2.79. The van der Waals surface area contributed by atoms with Gasteiger partial charge >= 0.3 is 0 Å². The van der Waals surface area contributed by atoms with Gasteiger partial charge in [-0.3, -0.25) is 4.21 Å². The van der Waals surface area contributed by atoms with E-state index in [4.69, 9.17) is 0 Å². The van der Waals surface area contributed by atoms with Crippen molar-refractivity contribution in [1.82, 2.24) is 5.32 Å². The van der Waals surface area contributed by atoms with E-state index in [-0.39, 0.29) is 11.5 Å². The van der Waals surface area contributed by atoms with Crippen molar-refractivity contribution in [3.63, 3.8) is 0 Å². The van der Waals surface area contributed by atoms with Crippen molar-refractivity contribution >= 4 is 26.7 Å². The molecular weight excluding hydrogens is 298 g/mol. The number of nitrogens with one attached hydrogen (secondary N) is 1. The standard InChI is InChI=1S/C13H20BrNOS/c1-13(2,3)12(15-4)9-17(16)11-7-5-10(14)6-8-11/h5-8,12,15H,9H2,1-4H3. The molecule has 0 heterocycles. The quantitative estimate of drug-likeness (QED) is 0.924. The Kier molecular flexibility index (Phi) is 5.35. The number of hydrogen-bond donors (Lipinski definition) is 1. The van der Waals surface area contributed by atoms with Gasteiger partial charge in [0.05, 0.1) is 10.8 Å². The first-order valence-corrected chi connectivity index (χ1v) is 7.77. The second kappa shape index (κ2) is 6.12. The first-order chi connectivity index (χ1) is 7.84. The molecule has 4 heteroatoms. The third kappa shape index (κ3) is 4.53. The zero-order chi connectivity index (χ0) is 13.1. The zero-order valence-electron chi connectivity index (χ0n) is 10.8. The van der Waals surface area contributed by atoms with Gasteiger partial charge in [0.15, 0.2) is 0 Å². The highest BCUT2D eigenvalue weighted by Gasteiger charge is 2.25. The monoisotopic (exact) mass is 317 g/mol. The molecule has 0 aliphatic carbocycles. The Bertz CT molecular complexity index is 383. The van der Waals surface area contributed by atoms with Crippen molar-refractivity contribution in [2.45, 2.75) is 31.7 Å². The van der Waals surface area contributed by atoms with E-state index in [0.717, 1.165) is 9.37 Å². The molecule has 0 fully saturated rings. The van der Waals surface area contributed by atoms with E-state index in [2.05, 4.69) is 42.0 Å². The Balaban J connectivity index is 2.75. The Morgan fingerprint density at radius 2 is 1.82 bits per heavy atom. The molecule has 0 aliphatic rings. The predicted molar refractivity (Wildman–Crippen MR) is 77.7 cm³/mol. The largest absolute Gasteiger partial charge is 0.316 e. The molecule has 2 nitrogen and oxygen atoms in total. The molecule has 96 valence electrons. The molecule has 2 atom stereocenters. The van der Waals surface area contributed by atoms with Crippen LogP contribution in [0.2, 0.25) is 0 Å². The molecule has 1 rings (SSSR count). The van der Waals surface area contributed by atoms with Crippen LogP contribution in [0.25, 0.3) is 0 Å². The molecule has 0 aromatic heterocycles. The van der Waals surface area contributed by atoms with Gasteiger partial charge in [-0.1, -0.05) is 36.7 Å².